The predicted octanol–water partition coefficient (Wildman–Crippen LogP) is 6.15. The topological polar surface area (TPSA) is 66.8 Å². The molecule has 36 heavy (non-hydrogen) atoms. The number of thioether (sulfide) groups is 1. The lowest BCUT2D eigenvalue weighted by atomic mass is 9.94. The Labute approximate surface area is 211 Å². The molecule has 9 heteroatoms. The fourth-order valence-electron chi connectivity index (χ4n) is 3.75. The maximum absolute atomic E-state index is 13.6. The van der Waals surface area contributed by atoms with Gasteiger partial charge in [-0.2, -0.15) is 13.2 Å². The average Bonchev–Trinajstić information content (AvgIpc) is 2.85. The molecule has 3 aromatic rings. The van der Waals surface area contributed by atoms with Crippen LogP contribution in [0.25, 0.3) is 11.1 Å². The number of amides is 1. The fourth-order valence-corrected chi connectivity index (χ4v) is 4.57. The van der Waals surface area contributed by atoms with Gasteiger partial charge in [0.25, 0.3) is 0 Å². The van der Waals surface area contributed by atoms with E-state index in [-0.39, 0.29) is 30.2 Å². The third kappa shape index (κ3) is 7.04. The van der Waals surface area contributed by atoms with E-state index in [1.165, 1.54) is 29.8 Å². The SMILES string of the molecule is CCN(Cc1cc(C(F)(F)F)ccc1-c1cc(CC(=O)O)ccc1OC)C(=O)CSc1ccccc1. The van der Waals surface area contributed by atoms with E-state index < -0.39 is 17.7 Å². The largest absolute Gasteiger partial charge is 0.496 e. The summed E-state index contributed by atoms with van der Waals surface area (Å²) in [4.78, 5) is 26.6. The molecule has 1 amide bonds. The Kier molecular flexibility index (Phi) is 9.03. The number of rotatable bonds is 10. The average molecular weight is 518 g/mol. The number of benzene rings is 3. The Bertz CT molecular complexity index is 1220. The number of carboxylic acids is 1. The van der Waals surface area contributed by atoms with Crippen LogP contribution >= 0.6 is 11.8 Å². The third-order valence-corrected chi connectivity index (χ3v) is 6.54. The van der Waals surface area contributed by atoms with Crippen molar-refractivity contribution in [3.63, 3.8) is 0 Å². The lowest BCUT2D eigenvalue weighted by molar-refractivity contribution is -0.138. The van der Waals surface area contributed by atoms with Gasteiger partial charge in [0.1, 0.15) is 5.75 Å². The van der Waals surface area contributed by atoms with E-state index in [1.807, 2.05) is 30.3 Å². The number of hydrogen-bond acceptors (Lipinski definition) is 4. The molecule has 0 spiro atoms. The van der Waals surface area contributed by atoms with Crippen molar-refractivity contribution in [2.75, 3.05) is 19.4 Å². The minimum atomic E-state index is -4.56. The minimum Gasteiger partial charge on any atom is -0.496 e. The van der Waals surface area contributed by atoms with Crippen molar-refractivity contribution in [2.45, 2.75) is 31.0 Å². The lowest BCUT2D eigenvalue weighted by Gasteiger charge is -2.24. The van der Waals surface area contributed by atoms with Crippen LogP contribution in [0.1, 0.15) is 23.6 Å². The summed E-state index contributed by atoms with van der Waals surface area (Å²) in [6, 6.07) is 17.5. The summed E-state index contributed by atoms with van der Waals surface area (Å²) in [6.07, 6.45) is -4.81. The summed E-state index contributed by atoms with van der Waals surface area (Å²) < 4.78 is 46.1. The Morgan fingerprint density at radius 3 is 2.33 bits per heavy atom. The minimum absolute atomic E-state index is 0.0454. The van der Waals surface area contributed by atoms with Gasteiger partial charge >= 0.3 is 12.1 Å². The zero-order valence-electron chi connectivity index (χ0n) is 19.8. The Morgan fingerprint density at radius 2 is 1.72 bits per heavy atom. The van der Waals surface area contributed by atoms with E-state index in [0.717, 1.165) is 17.0 Å². The molecule has 1 N–H and O–H groups in total. The van der Waals surface area contributed by atoms with Gasteiger partial charge in [0.05, 0.1) is 24.8 Å². The summed E-state index contributed by atoms with van der Waals surface area (Å²) in [5.41, 5.74) is 0.836. The van der Waals surface area contributed by atoms with Crippen molar-refractivity contribution in [3.8, 4) is 16.9 Å². The highest BCUT2D eigenvalue weighted by molar-refractivity contribution is 8.00. The first-order valence-corrected chi connectivity index (χ1v) is 12.2. The van der Waals surface area contributed by atoms with E-state index >= 15 is 0 Å². The van der Waals surface area contributed by atoms with Crippen LogP contribution in [0.15, 0.2) is 71.6 Å². The second-order valence-electron chi connectivity index (χ2n) is 7.98. The molecule has 3 rings (SSSR count). The van der Waals surface area contributed by atoms with Gasteiger partial charge in [-0.3, -0.25) is 9.59 Å². The van der Waals surface area contributed by atoms with Crippen molar-refractivity contribution < 1.29 is 32.6 Å². The van der Waals surface area contributed by atoms with E-state index in [4.69, 9.17) is 4.74 Å². The summed E-state index contributed by atoms with van der Waals surface area (Å²) in [5.74, 6) is -0.707. The molecular formula is C27H26F3NO4S. The van der Waals surface area contributed by atoms with Crippen LogP contribution in [0, 0.1) is 0 Å². The molecule has 0 unspecified atom stereocenters. The number of alkyl halides is 3. The van der Waals surface area contributed by atoms with E-state index in [2.05, 4.69) is 0 Å². The van der Waals surface area contributed by atoms with Crippen molar-refractivity contribution in [2.24, 2.45) is 0 Å². The van der Waals surface area contributed by atoms with Crippen LogP contribution < -0.4 is 4.74 Å². The number of hydrogen-bond donors (Lipinski definition) is 1. The molecule has 0 aliphatic heterocycles. The van der Waals surface area contributed by atoms with Crippen LogP contribution in [0.5, 0.6) is 5.75 Å². The number of carboxylic acid groups (broad SMARTS) is 1. The number of methoxy groups -OCH3 is 1. The highest BCUT2D eigenvalue weighted by Crippen LogP contribution is 2.38. The Morgan fingerprint density at radius 1 is 1.00 bits per heavy atom. The second-order valence-corrected chi connectivity index (χ2v) is 9.03. The summed E-state index contributed by atoms with van der Waals surface area (Å²) in [5, 5.41) is 9.18. The monoisotopic (exact) mass is 517 g/mol. The number of halogens is 3. The first-order chi connectivity index (χ1) is 17.1. The molecule has 0 aliphatic rings. The molecule has 0 aliphatic carbocycles. The molecule has 0 aromatic heterocycles. The van der Waals surface area contributed by atoms with Gasteiger partial charge < -0.3 is 14.7 Å². The molecule has 0 bridgehead atoms. The summed E-state index contributed by atoms with van der Waals surface area (Å²) in [7, 11) is 1.43. The number of nitrogens with zero attached hydrogens (tertiary/aromatic N) is 1. The number of aliphatic carboxylic acids is 1. The van der Waals surface area contributed by atoms with Crippen molar-refractivity contribution in [1.29, 1.82) is 0 Å². The normalized spacial score (nSPS) is 11.2. The van der Waals surface area contributed by atoms with Crippen LogP contribution in [-0.2, 0) is 28.7 Å². The van der Waals surface area contributed by atoms with Gasteiger partial charge in [0.2, 0.25) is 5.91 Å². The summed E-state index contributed by atoms with van der Waals surface area (Å²) >= 11 is 1.36. The van der Waals surface area contributed by atoms with Crippen LogP contribution in [0.3, 0.4) is 0 Å². The molecule has 0 fully saturated rings. The van der Waals surface area contributed by atoms with Gasteiger partial charge in [0.15, 0.2) is 0 Å². The van der Waals surface area contributed by atoms with Gasteiger partial charge in [-0.15, -0.1) is 11.8 Å². The van der Waals surface area contributed by atoms with Crippen LogP contribution in [-0.4, -0.2) is 41.3 Å². The maximum atomic E-state index is 13.6. The maximum Gasteiger partial charge on any atom is 0.416 e. The quantitative estimate of drug-likeness (QED) is 0.327. The molecule has 3 aromatic carbocycles. The highest BCUT2D eigenvalue weighted by atomic mass is 32.2. The zero-order valence-corrected chi connectivity index (χ0v) is 20.7. The van der Waals surface area contributed by atoms with Gasteiger partial charge in [-0.05, 0) is 60.0 Å². The van der Waals surface area contributed by atoms with E-state index in [0.29, 0.717) is 29.0 Å². The number of carbonyl (C=O) groups is 2. The number of carbonyl (C=O) groups excluding carboxylic acids is 1. The molecule has 0 heterocycles. The Balaban J connectivity index is 1.99. The molecule has 190 valence electrons. The van der Waals surface area contributed by atoms with E-state index in [1.54, 1.807) is 25.1 Å². The van der Waals surface area contributed by atoms with Gasteiger partial charge in [-0.1, -0.05) is 30.3 Å². The van der Waals surface area contributed by atoms with Crippen molar-refractivity contribution in [3.05, 3.63) is 83.4 Å². The first-order valence-electron chi connectivity index (χ1n) is 11.2. The molecule has 0 saturated carbocycles. The first kappa shape index (κ1) is 27.1. The van der Waals surface area contributed by atoms with Crippen molar-refractivity contribution in [1.82, 2.24) is 4.90 Å². The zero-order chi connectivity index (χ0) is 26.3. The predicted molar refractivity (Wildman–Crippen MR) is 133 cm³/mol. The fraction of sp³-hybridized carbons (Fsp3) is 0.259. The van der Waals surface area contributed by atoms with Gasteiger partial charge in [0, 0.05) is 23.5 Å². The standard InChI is InChI=1S/C27H26F3NO4S/c1-3-31(25(32)17-36-21-7-5-4-6-8-21)16-19-15-20(27(28,29)30)10-11-22(19)23-13-18(14-26(33)34)9-12-24(23)35-2/h4-13,15H,3,14,16-17H2,1-2H3,(H,33,34). The highest BCUT2D eigenvalue weighted by Gasteiger charge is 2.31. The van der Waals surface area contributed by atoms with E-state index in [9.17, 15) is 27.9 Å². The summed E-state index contributed by atoms with van der Waals surface area (Å²) in [6.45, 7) is 2.03. The van der Waals surface area contributed by atoms with Gasteiger partial charge in [-0.25, -0.2) is 0 Å². The number of ether oxygens (including phenoxy) is 1. The molecule has 0 saturated heterocycles. The molecule has 5 nitrogen and oxygen atoms in total. The Hall–Kier alpha value is -3.46. The molecular weight excluding hydrogens is 491 g/mol. The second kappa shape index (κ2) is 12.0. The smallest absolute Gasteiger partial charge is 0.416 e. The lowest BCUT2D eigenvalue weighted by Crippen LogP contribution is -2.32. The third-order valence-electron chi connectivity index (χ3n) is 5.54. The van der Waals surface area contributed by atoms with Crippen LogP contribution in [0.4, 0.5) is 13.2 Å². The van der Waals surface area contributed by atoms with Crippen LogP contribution in [0.2, 0.25) is 0 Å². The van der Waals surface area contributed by atoms with Crippen molar-refractivity contribution >= 4 is 23.6 Å². The molecule has 0 atom stereocenters. The molecule has 0 radical (unpaired) electrons.